The number of nitrogens with one attached hydrogen (secondary N) is 1. The molecule has 1 aromatic heterocycles. The second kappa shape index (κ2) is 5.04. The summed E-state index contributed by atoms with van der Waals surface area (Å²) in [6.07, 6.45) is 1.86. The molecule has 0 spiro atoms. The first-order chi connectivity index (χ1) is 9.20. The molecule has 20 heavy (non-hydrogen) atoms. The quantitative estimate of drug-likeness (QED) is 0.867. The molecule has 0 saturated heterocycles. The van der Waals surface area contributed by atoms with Gasteiger partial charge in [0.1, 0.15) is 11.1 Å². The molecule has 0 amide bonds. The minimum atomic E-state index is -3.61. The maximum Gasteiger partial charge on any atom is 0.349 e. The average Bonchev–Trinajstić information content (AvgIpc) is 2.25. The highest BCUT2D eigenvalue weighted by molar-refractivity contribution is 7.91. The molecule has 10 heteroatoms. The van der Waals surface area contributed by atoms with Crippen molar-refractivity contribution in [2.75, 3.05) is 6.26 Å². The van der Waals surface area contributed by atoms with Gasteiger partial charge in [0.15, 0.2) is 9.84 Å². The van der Waals surface area contributed by atoms with Gasteiger partial charge in [-0.1, -0.05) is 23.2 Å². The van der Waals surface area contributed by atoms with E-state index in [1.807, 2.05) is 4.98 Å². The minimum Gasteiger partial charge on any atom is -0.271 e. The molecule has 0 atom stereocenters. The number of rotatable bonds is 2. The van der Waals surface area contributed by atoms with Crippen molar-refractivity contribution in [1.29, 1.82) is 0 Å². The lowest BCUT2D eigenvalue weighted by atomic mass is 10.3. The molecule has 106 valence electrons. The number of halogens is 2. The Morgan fingerprint density at radius 2 is 1.75 bits per heavy atom. The molecular weight excluding hydrogens is 329 g/mol. The summed E-state index contributed by atoms with van der Waals surface area (Å²) in [6.45, 7) is 0. The van der Waals surface area contributed by atoms with Crippen molar-refractivity contribution >= 4 is 33.0 Å². The summed E-state index contributed by atoms with van der Waals surface area (Å²) in [6, 6.07) is 2.44. The maximum absolute atomic E-state index is 11.6. The van der Waals surface area contributed by atoms with Crippen LogP contribution in [0.1, 0.15) is 0 Å². The van der Waals surface area contributed by atoms with Gasteiger partial charge in [-0.2, -0.15) is 9.78 Å². The van der Waals surface area contributed by atoms with E-state index in [1.54, 1.807) is 0 Å². The van der Waals surface area contributed by atoms with E-state index >= 15 is 0 Å². The van der Waals surface area contributed by atoms with Crippen molar-refractivity contribution in [3.05, 3.63) is 49.2 Å². The molecule has 1 aromatic carbocycles. The Kier molecular flexibility index (Phi) is 3.72. The zero-order valence-corrected chi connectivity index (χ0v) is 12.3. The van der Waals surface area contributed by atoms with E-state index in [0.29, 0.717) is 0 Å². The highest BCUT2D eigenvalue weighted by Gasteiger charge is 2.19. The van der Waals surface area contributed by atoms with Crippen LogP contribution < -0.4 is 11.2 Å². The number of aromatic nitrogens is 3. The number of nitrogens with zero attached hydrogens (tertiary/aromatic N) is 2. The summed E-state index contributed by atoms with van der Waals surface area (Å²) in [5.74, 6) is 0. The Bertz CT molecular complexity index is 878. The lowest BCUT2D eigenvalue weighted by Crippen LogP contribution is -2.30. The van der Waals surface area contributed by atoms with Crippen molar-refractivity contribution in [2.45, 2.75) is 4.90 Å². The van der Waals surface area contributed by atoms with Gasteiger partial charge in [0.05, 0.1) is 15.7 Å². The summed E-state index contributed by atoms with van der Waals surface area (Å²) < 4.78 is 23.9. The van der Waals surface area contributed by atoms with Crippen LogP contribution >= 0.6 is 23.2 Å². The van der Waals surface area contributed by atoms with Crippen LogP contribution in [-0.2, 0) is 9.84 Å². The van der Waals surface area contributed by atoms with Crippen LogP contribution in [0.2, 0.25) is 10.0 Å². The molecule has 0 aliphatic heterocycles. The standard InChI is InChI=1S/C10H7Cl2N3O4S/c1-20(18,19)9-6(11)2-5(3-7(9)12)15-10(17)14-8(16)4-13-15/h2-4H,1H3,(H,14,16,17). The van der Waals surface area contributed by atoms with Crippen LogP contribution in [0.5, 0.6) is 0 Å². The lowest BCUT2D eigenvalue weighted by molar-refractivity contribution is 0.602. The van der Waals surface area contributed by atoms with Crippen molar-refractivity contribution in [3.63, 3.8) is 0 Å². The fourth-order valence-electron chi connectivity index (χ4n) is 1.56. The van der Waals surface area contributed by atoms with Crippen molar-refractivity contribution in [2.24, 2.45) is 0 Å². The van der Waals surface area contributed by atoms with Crippen LogP contribution in [0.3, 0.4) is 0 Å². The predicted molar refractivity (Wildman–Crippen MR) is 73.6 cm³/mol. The van der Waals surface area contributed by atoms with Crippen molar-refractivity contribution < 1.29 is 8.42 Å². The summed E-state index contributed by atoms with van der Waals surface area (Å²) in [7, 11) is -3.61. The fourth-order valence-corrected chi connectivity index (χ4v) is 3.70. The monoisotopic (exact) mass is 335 g/mol. The van der Waals surface area contributed by atoms with Gasteiger partial charge in [-0.15, -0.1) is 0 Å². The smallest absolute Gasteiger partial charge is 0.271 e. The third-order valence-electron chi connectivity index (χ3n) is 2.31. The molecule has 2 rings (SSSR count). The van der Waals surface area contributed by atoms with Crippen LogP contribution in [-0.4, -0.2) is 29.4 Å². The van der Waals surface area contributed by atoms with Gasteiger partial charge in [0.2, 0.25) is 0 Å². The normalized spacial score (nSPS) is 11.6. The molecule has 0 bridgehead atoms. The van der Waals surface area contributed by atoms with E-state index in [9.17, 15) is 18.0 Å². The van der Waals surface area contributed by atoms with Gasteiger partial charge >= 0.3 is 5.69 Å². The third kappa shape index (κ3) is 2.77. The molecule has 1 heterocycles. The number of aromatic amines is 1. The second-order valence-electron chi connectivity index (χ2n) is 3.86. The van der Waals surface area contributed by atoms with E-state index in [0.717, 1.165) is 17.1 Å². The van der Waals surface area contributed by atoms with E-state index < -0.39 is 21.1 Å². The molecular formula is C10H7Cl2N3O4S. The van der Waals surface area contributed by atoms with Crippen LogP contribution in [0.15, 0.2) is 32.8 Å². The second-order valence-corrected chi connectivity index (χ2v) is 6.63. The van der Waals surface area contributed by atoms with Gasteiger partial charge in [0, 0.05) is 6.26 Å². The fraction of sp³-hybridized carbons (Fsp3) is 0.100. The first-order valence-corrected chi connectivity index (χ1v) is 7.73. The zero-order chi connectivity index (χ0) is 15.1. The Hall–Kier alpha value is -1.64. The molecule has 1 N–H and O–H groups in total. The SMILES string of the molecule is CS(=O)(=O)c1c(Cl)cc(-n2ncc(=O)[nH]c2=O)cc1Cl. The average molecular weight is 336 g/mol. The number of hydrogen-bond acceptors (Lipinski definition) is 5. The topological polar surface area (TPSA) is 102 Å². The highest BCUT2D eigenvalue weighted by atomic mass is 35.5. The first-order valence-electron chi connectivity index (χ1n) is 5.08. The number of H-pyrrole nitrogens is 1. The Morgan fingerprint density at radius 1 is 1.20 bits per heavy atom. The molecule has 2 aromatic rings. The largest absolute Gasteiger partial charge is 0.349 e. The van der Waals surface area contributed by atoms with E-state index in [-0.39, 0.29) is 20.6 Å². The maximum atomic E-state index is 11.6. The van der Waals surface area contributed by atoms with Gasteiger partial charge in [-0.25, -0.2) is 13.2 Å². The molecule has 0 saturated carbocycles. The molecule has 0 aliphatic carbocycles. The van der Waals surface area contributed by atoms with Crippen LogP contribution in [0, 0.1) is 0 Å². The van der Waals surface area contributed by atoms with Gasteiger partial charge in [-0.3, -0.25) is 9.78 Å². The first kappa shape index (κ1) is 14.8. The number of sulfone groups is 1. The van der Waals surface area contributed by atoms with Gasteiger partial charge < -0.3 is 0 Å². The highest BCUT2D eigenvalue weighted by Crippen LogP contribution is 2.31. The van der Waals surface area contributed by atoms with Gasteiger partial charge in [0.25, 0.3) is 5.56 Å². The zero-order valence-electron chi connectivity index (χ0n) is 9.92. The Labute approximate surface area is 122 Å². The molecule has 0 radical (unpaired) electrons. The lowest BCUT2D eigenvalue weighted by Gasteiger charge is -2.08. The van der Waals surface area contributed by atoms with Gasteiger partial charge in [-0.05, 0) is 12.1 Å². The van der Waals surface area contributed by atoms with E-state index in [1.165, 1.54) is 12.1 Å². The summed E-state index contributed by atoms with van der Waals surface area (Å²) in [4.78, 5) is 24.3. The van der Waals surface area contributed by atoms with Crippen LogP contribution in [0.4, 0.5) is 0 Å². The third-order valence-corrected chi connectivity index (χ3v) is 4.31. The van der Waals surface area contributed by atoms with E-state index in [4.69, 9.17) is 23.2 Å². The minimum absolute atomic E-state index is 0.133. The van der Waals surface area contributed by atoms with E-state index in [2.05, 4.69) is 5.10 Å². The number of benzene rings is 1. The molecule has 0 aliphatic rings. The predicted octanol–water partition coefficient (Wildman–Crippen LogP) is 0.631. The summed E-state index contributed by atoms with van der Waals surface area (Å²) in [5.41, 5.74) is -1.32. The van der Waals surface area contributed by atoms with Crippen LogP contribution in [0.25, 0.3) is 5.69 Å². The molecule has 0 fully saturated rings. The Balaban J connectivity index is 2.74. The summed E-state index contributed by atoms with van der Waals surface area (Å²) in [5, 5.41) is 3.33. The summed E-state index contributed by atoms with van der Waals surface area (Å²) >= 11 is 11.7. The number of hydrogen-bond donors (Lipinski definition) is 1. The molecule has 0 unspecified atom stereocenters. The molecule has 7 nitrogen and oxygen atoms in total. The van der Waals surface area contributed by atoms with Crippen molar-refractivity contribution in [1.82, 2.24) is 14.8 Å². The Morgan fingerprint density at radius 3 is 2.20 bits per heavy atom. The van der Waals surface area contributed by atoms with Crippen molar-refractivity contribution in [3.8, 4) is 5.69 Å².